The lowest BCUT2D eigenvalue weighted by Crippen LogP contribution is -2.51. The summed E-state index contributed by atoms with van der Waals surface area (Å²) >= 11 is 0. The molecule has 0 spiro atoms. The van der Waals surface area contributed by atoms with Crippen molar-refractivity contribution in [2.24, 2.45) is 0 Å². The normalized spacial score (nSPS) is 23.9. The van der Waals surface area contributed by atoms with Crippen molar-refractivity contribution in [3.8, 4) is 35.4 Å². The molecule has 11 rings (SSSR count). The van der Waals surface area contributed by atoms with Crippen molar-refractivity contribution in [2.45, 2.75) is 79.5 Å². The van der Waals surface area contributed by atoms with Crippen molar-refractivity contribution < 1.29 is 26.7 Å². The van der Waals surface area contributed by atoms with Crippen LogP contribution in [0.3, 0.4) is 0 Å². The molecule has 60 heavy (non-hydrogen) atoms. The number of anilines is 1. The molecule has 5 aliphatic rings. The largest absolute Gasteiger partial charge is 0.489 e. The number of rotatable bonds is 10. The Balaban J connectivity index is 0.894. The second-order valence-electron chi connectivity index (χ2n) is 16.8. The molecule has 5 fully saturated rings. The van der Waals surface area contributed by atoms with Gasteiger partial charge in [0.1, 0.15) is 47.6 Å². The van der Waals surface area contributed by atoms with Crippen molar-refractivity contribution in [3.05, 3.63) is 90.1 Å². The average Bonchev–Trinajstić information content (AvgIpc) is 3.51. The molecule has 4 saturated heterocycles. The van der Waals surface area contributed by atoms with E-state index in [1.165, 1.54) is 24.5 Å². The molecule has 1 aliphatic carbocycles. The molecule has 1 saturated carbocycles. The van der Waals surface area contributed by atoms with Crippen LogP contribution in [0.2, 0.25) is 0 Å². The Hall–Kier alpha value is -5.76. The highest BCUT2D eigenvalue weighted by Crippen LogP contribution is 2.42. The van der Waals surface area contributed by atoms with E-state index >= 15 is 4.39 Å². The van der Waals surface area contributed by atoms with E-state index in [2.05, 4.69) is 36.1 Å². The zero-order chi connectivity index (χ0) is 40.8. The number of benzene rings is 3. The van der Waals surface area contributed by atoms with Crippen LogP contribution in [-0.2, 0) is 10.0 Å². The molecule has 0 unspecified atom stereocenters. The van der Waals surface area contributed by atoms with Gasteiger partial charge in [-0.3, -0.25) is 9.88 Å². The first-order chi connectivity index (χ1) is 29.2. The lowest BCUT2D eigenvalue weighted by molar-refractivity contribution is 0.107. The first-order valence-electron chi connectivity index (χ1n) is 20.5. The van der Waals surface area contributed by atoms with E-state index in [1.54, 1.807) is 42.6 Å². The van der Waals surface area contributed by atoms with Gasteiger partial charge in [-0.1, -0.05) is 36.3 Å². The molecule has 3 aromatic carbocycles. The van der Waals surface area contributed by atoms with E-state index in [0.717, 1.165) is 49.2 Å². The van der Waals surface area contributed by atoms with E-state index in [9.17, 15) is 12.8 Å². The summed E-state index contributed by atoms with van der Waals surface area (Å²) in [4.78, 5) is 23.1. The maximum atomic E-state index is 17.1. The molecule has 16 heteroatoms. The van der Waals surface area contributed by atoms with Crippen LogP contribution in [0.25, 0.3) is 32.9 Å². The van der Waals surface area contributed by atoms with E-state index in [0.29, 0.717) is 65.2 Å². The van der Waals surface area contributed by atoms with Gasteiger partial charge >= 0.3 is 6.01 Å². The Bertz CT molecular complexity index is 2850. The number of ether oxygens (including phenoxy) is 2. The minimum absolute atomic E-state index is 0.00342. The molecular formula is C44H41F2N9O4S. The van der Waals surface area contributed by atoms with Crippen LogP contribution in [0.15, 0.2) is 72.0 Å². The molecule has 306 valence electrons. The second-order valence-corrected chi connectivity index (χ2v) is 18.6. The van der Waals surface area contributed by atoms with E-state index in [4.69, 9.17) is 25.9 Å². The molecule has 2 bridgehead atoms. The Morgan fingerprint density at radius 2 is 1.82 bits per heavy atom. The zero-order valence-electron chi connectivity index (χ0n) is 32.6. The van der Waals surface area contributed by atoms with Gasteiger partial charge in [0.05, 0.1) is 21.4 Å². The number of nitrogens with one attached hydrogen (secondary N) is 1. The van der Waals surface area contributed by atoms with E-state index in [1.807, 2.05) is 0 Å². The van der Waals surface area contributed by atoms with Crippen LogP contribution >= 0.6 is 0 Å². The fourth-order valence-electron chi connectivity index (χ4n) is 9.84. The minimum atomic E-state index is -3.95. The molecule has 1 N–H and O–H groups in total. The number of terminal acetylenes is 1. The zero-order valence-corrected chi connectivity index (χ0v) is 33.4. The number of pyridine rings is 1. The molecule has 4 aliphatic heterocycles. The topological polar surface area (TPSA) is 140 Å². The SMILES string of the molecule is C#Cc1c(F)ccc2cccc(-c3ncc4c(N5C[C@H]6CC[C@@H](C5)N6)nc(OC[C@@]56CCCN5C[C@H](Oc5cccc(S(=O)(=O)n7cnc(C8CC8)n7)c5)C6)nc4c3F)c12. The molecule has 7 heterocycles. The van der Waals surface area contributed by atoms with Crippen LogP contribution in [0.5, 0.6) is 11.8 Å². The van der Waals surface area contributed by atoms with Crippen LogP contribution in [-0.4, -0.2) is 99.0 Å². The minimum Gasteiger partial charge on any atom is -0.489 e. The van der Waals surface area contributed by atoms with Gasteiger partial charge in [0, 0.05) is 67.3 Å². The highest BCUT2D eigenvalue weighted by atomic mass is 32.2. The Morgan fingerprint density at radius 1 is 0.983 bits per heavy atom. The van der Waals surface area contributed by atoms with Crippen molar-refractivity contribution in [1.82, 2.24) is 39.3 Å². The Morgan fingerprint density at radius 3 is 2.63 bits per heavy atom. The van der Waals surface area contributed by atoms with Gasteiger partial charge in [-0.25, -0.2) is 13.8 Å². The van der Waals surface area contributed by atoms with Crippen molar-refractivity contribution in [1.29, 1.82) is 0 Å². The van der Waals surface area contributed by atoms with Crippen molar-refractivity contribution in [3.63, 3.8) is 0 Å². The number of piperazine rings is 1. The monoisotopic (exact) mass is 829 g/mol. The summed E-state index contributed by atoms with van der Waals surface area (Å²) in [6.45, 7) is 3.09. The van der Waals surface area contributed by atoms with Gasteiger partial charge in [0.25, 0.3) is 10.0 Å². The van der Waals surface area contributed by atoms with Crippen LogP contribution in [0.1, 0.15) is 62.3 Å². The number of aromatic nitrogens is 6. The summed E-state index contributed by atoms with van der Waals surface area (Å²) in [5.74, 6) is 2.98. The van der Waals surface area contributed by atoms with Crippen LogP contribution in [0.4, 0.5) is 14.6 Å². The van der Waals surface area contributed by atoms with Gasteiger partial charge in [-0.05, 0) is 68.7 Å². The predicted molar refractivity (Wildman–Crippen MR) is 219 cm³/mol. The number of halogens is 2. The molecule has 0 radical (unpaired) electrons. The fourth-order valence-corrected chi connectivity index (χ4v) is 10.9. The molecule has 3 aromatic heterocycles. The lowest BCUT2D eigenvalue weighted by atomic mass is 9.94. The van der Waals surface area contributed by atoms with Crippen LogP contribution in [0, 0.1) is 24.0 Å². The Kier molecular flexibility index (Phi) is 8.80. The van der Waals surface area contributed by atoms with Gasteiger partial charge in [-0.15, -0.1) is 15.6 Å². The van der Waals surface area contributed by atoms with Gasteiger partial charge in [0.2, 0.25) is 0 Å². The molecule has 6 aromatic rings. The average molecular weight is 830 g/mol. The summed E-state index contributed by atoms with van der Waals surface area (Å²) in [5, 5.41) is 9.42. The second kappa shape index (κ2) is 14.2. The van der Waals surface area contributed by atoms with Crippen molar-refractivity contribution >= 4 is 37.5 Å². The third kappa shape index (κ3) is 6.33. The van der Waals surface area contributed by atoms with Gasteiger partial charge in [-0.2, -0.15) is 18.4 Å². The molecule has 13 nitrogen and oxygen atoms in total. The highest BCUT2D eigenvalue weighted by Gasteiger charge is 2.50. The quantitative estimate of drug-likeness (QED) is 0.167. The maximum absolute atomic E-state index is 17.1. The summed E-state index contributed by atoms with van der Waals surface area (Å²) < 4.78 is 73.0. The van der Waals surface area contributed by atoms with Gasteiger partial charge in [0.15, 0.2) is 11.6 Å². The summed E-state index contributed by atoms with van der Waals surface area (Å²) in [6, 6.07) is 15.3. The highest BCUT2D eigenvalue weighted by molar-refractivity contribution is 7.89. The third-order valence-corrected chi connectivity index (χ3v) is 14.4. The lowest BCUT2D eigenvalue weighted by Gasteiger charge is -2.34. The molecular weight excluding hydrogens is 789 g/mol. The molecule has 4 atom stereocenters. The number of hydrogen-bond acceptors (Lipinski definition) is 12. The standard InChI is InChI=1S/C44H41F2N9O4S/c1-2-33-36(45)15-12-26-6-3-9-34(37(26)33)39-38(46)40-35(20-47-39)42(53-21-28-13-14-29(22-53)49-28)51-43(50-40)58-24-44-16-5-17-54(44)23-31(19-44)59-30-7-4-8-32(18-30)60(56,57)55-25-48-41(52-55)27-10-11-27/h1,3-4,6-9,12,15,18,20,25,27-29,31,49H,5,10-11,13-14,16-17,19,21-24H2/t28-,29+,31-,44+/m1/s1. The number of fused-ring (bicyclic) bond motifs is 5. The number of hydrogen-bond donors (Lipinski definition) is 1. The predicted octanol–water partition coefficient (Wildman–Crippen LogP) is 5.82. The summed E-state index contributed by atoms with van der Waals surface area (Å²) in [7, 11) is -3.95. The first-order valence-corrected chi connectivity index (χ1v) is 22.0. The maximum Gasteiger partial charge on any atom is 0.319 e. The smallest absolute Gasteiger partial charge is 0.319 e. The van der Waals surface area contributed by atoms with E-state index < -0.39 is 27.2 Å². The number of nitrogens with zero attached hydrogens (tertiary/aromatic N) is 8. The Labute approximate surface area is 345 Å². The fraction of sp³-hybridized carbons (Fsp3) is 0.386. The summed E-state index contributed by atoms with van der Waals surface area (Å²) in [6.07, 6.45) is 14.8. The van der Waals surface area contributed by atoms with Gasteiger partial charge < -0.3 is 19.7 Å². The van der Waals surface area contributed by atoms with E-state index in [-0.39, 0.29) is 58.4 Å². The first kappa shape index (κ1) is 37.3. The van der Waals surface area contributed by atoms with Crippen molar-refractivity contribution in [2.75, 3.05) is 37.7 Å². The summed E-state index contributed by atoms with van der Waals surface area (Å²) in [5.41, 5.74) is 0.0627. The molecule has 0 amide bonds. The van der Waals surface area contributed by atoms with Crippen LogP contribution < -0.4 is 19.7 Å². The third-order valence-electron chi connectivity index (χ3n) is 12.9.